The molecule has 0 saturated heterocycles. The van der Waals surface area contributed by atoms with E-state index in [1.54, 1.807) is 24.3 Å². The van der Waals surface area contributed by atoms with Crippen LogP contribution < -0.4 is 9.84 Å². The van der Waals surface area contributed by atoms with Crippen LogP contribution in [0.15, 0.2) is 34.7 Å². The molecule has 24 heavy (non-hydrogen) atoms. The Morgan fingerprint density at radius 3 is 2.79 bits per heavy atom. The van der Waals surface area contributed by atoms with E-state index in [-0.39, 0.29) is 5.75 Å². The summed E-state index contributed by atoms with van der Waals surface area (Å²) in [5.74, 6) is -0.565. The van der Waals surface area contributed by atoms with Crippen LogP contribution in [0.4, 0.5) is 5.69 Å². The van der Waals surface area contributed by atoms with Crippen molar-refractivity contribution in [3.63, 3.8) is 0 Å². The zero-order chi connectivity index (χ0) is 17.3. The van der Waals surface area contributed by atoms with Crippen LogP contribution in [0.2, 0.25) is 5.02 Å². The summed E-state index contributed by atoms with van der Waals surface area (Å²) in [5, 5.41) is 23.3. The molecule has 0 spiro atoms. The van der Waals surface area contributed by atoms with Crippen molar-refractivity contribution in [3.8, 4) is 11.5 Å². The molecule has 0 radical (unpaired) electrons. The molecule has 0 aliphatic rings. The Bertz CT molecular complexity index is 965. The molecule has 0 aliphatic carbocycles. The highest BCUT2D eigenvalue weighted by atomic mass is 35.5. The van der Waals surface area contributed by atoms with Gasteiger partial charge in [-0.2, -0.15) is 0 Å². The summed E-state index contributed by atoms with van der Waals surface area (Å²) in [4.78, 5) is 14.4. The topological polar surface area (TPSA) is 101 Å². The number of benzene rings is 2. The standard InChI is InChI=1S/C16H11ClN2O5/c1-23-14-7-9(6-12(16(14)20)19(21)22)2-5-15-18-11-8-10(17)3-4-13(11)24-15/h2-8,20H,1H3/p-1/b5-2+. The van der Waals surface area contributed by atoms with E-state index in [0.29, 0.717) is 27.6 Å². The van der Waals surface area contributed by atoms with E-state index >= 15 is 0 Å². The lowest BCUT2D eigenvalue weighted by Crippen LogP contribution is -2.01. The predicted octanol–water partition coefficient (Wildman–Crippen LogP) is 3.64. The number of halogens is 1. The molecule has 122 valence electrons. The van der Waals surface area contributed by atoms with Crippen molar-refractivity contribution in [1.29, 1.82) is 0 Å². The van der Waals surface area contributed by atoms with Gasteiger partial charge in [0, 0.05) is 22.9 Å². The number of rotatable bonds is 4. The molecular weight excluding hydrogens is 336 g/mol. The first-order valence-electron chi connectivity index (χ1n) is 6.75. The van der Waals surface area contributed by atoms with Gasteiger partial charge in [-0.3, -0.25) is 10.1 Å². The maximum Gasteiger partial charge on any atom is 0.266 e. The minimum atomic E-state index is -0.767. The van der Waals surface area contributed by atoms with Crippen LogP contribution in [0.1, 0.15) is 11.5 Å². The van der Waals surface area contributed by atoms with E-state index < -0.39 is 16.4 Å². The molecule has 3 aromatic rings. The zero-order valence-corrected chi connectivity index (χ0v) is 13.1. The van der Waals surface area contributed by atoms with Crippen molar-refractivity contribution in [1.82, 2.24) is 4.98 Å². The summed E-state index contributed by atoms with van der Waals surface area (Å²) in [6.07, 6.45) is 3.08. The molecule has 0 amide bonds. The molecule has 0 aliphatic heterocycles. The largest absolute Gasteiger partial charge is 0.865 e. The van der Waals surface area contributed by atoms with Crippen LogP contribution in [0, 0.1) is 10.1 Å². The van der Waals surface area contributed by atoms with Gasteiger partial charge in [0.25, 0.3) is 5.69 Å². The van der Waals surface area contributed by atoms with E-state index in [2.05, 4.69) is 4.98 Å². The second kappa shape index (κ2) is 6.21. The summed E-state index contributed by atoms with van der Waals surface area (Å²) in [5.41, 5.74) is 1.02. The molecule has 0 N–H and O–H groups in total. The summed E-state index contributed by atoms with van der Waals surface area (Å²) in [6, 6.07) is 7.62. The van der Waals surface area contributed by atoms with Gasteiger partial charge in [-0.05, 0) is 35.9 Å². The van der Waals surface area contributed by atoms with Gasteiger partial charge in [0.1, 0.15) is 11.3 Å². The number of nitrogens with zero attached hydrogens (tertiary/aromatic N) is 2. The van der Waals surface area contributed by atoms with Crippen LogP contribution in [0.3, 0.4) is 0 Å². The van der Waals surface area contributed by atoms with Crippen LogP contribution >= 0.6 is 11.6 Å². The highest BCUT2D eigenvalue weighted by Gasteiger charge is 2.12. The molecule has 0 fully saturated rings. The van der Waals surface area contributed by atoms with E-state index in [1.165, 1.54) is 25.3 Å². The Labute approximate surface area is 140 Å². The maximum absolute atomic E-state index is 11.8. The Hall–Kier alpha value is -3.06. The second-order valence-electron chi connectivity index (χ2n) is 4.83. The van der Waals surface area contributed by atoms with E-state index in [9.17, 15) is 15.2 Å². The fraction of sp³-hybridized carbons (Fsp3) is 0.0625. The lowest BCUT2D eigenvalue weighted by atomic mass is 10.1. The highest BCUT2D eigenvalue weighted by molar-refractivity contribution is 6.31. The lowest BCUT2D eigenvalue weighted by Gasteiger charge is -2.13. The quantitative estimate of drug-likeness (QED) is 0.528. The molecule has 7 nitrogen and oxygen atoms in total. The second-order valence-corrected chi connectivity index (χ2v) is 5.26. The Kier molecular flexibility index (Phi) is 4.09. The van der Waals surface area contributed by atoms with Crippen molar-refractivity contribution in [2.45, 2.75) is 0 Å². The average Bonchev–Trinajstić information content (AvgIpc) is 2.95. The Morgan fingerprint density at radius 2 is 2.08 bits per heavy atom. The van der Waals surface area contributed by atoms with Crippen molar-refractivity contribution in [2.75, 3.05) is 7.11 Å². The first-order valence-corrected chi connectivity index (χ1v) is 7.13. The van der Waals surface area contributed by atoms with Gasteiger partial charge >= 0.3 is 0 Å². The van der Waals surface area contributed by atoms with Crippen LogP contribution in [0.25, 0.3) is 23.3 Å². The van der Waals surface area contributed by atoms with E-state index in [1.807, 2.05) is 0 Å². The SMILES string of the molecule is COc1cc(/C=C/c2nc3cc(Cl)ccc3o2)cc([N+](=O)[O-])c1[O-]. The maximum atomic E-state index is 11.8. The minimum absolute atomic E-state index is 0.104. The molecule has 1 aromatic heterocycles. The molecule has 0 unspecified atom stereocenters. The average molecular weight is 346 g/mol. The first-order chi connectivity index (χ1) is 11.5. The third kappa shape index (κ3) is 3.02. The van der Waals surface area contributed by atoms with Gasteiger partial charge < -0.3 is 14.3 Å². The van der Waals surface area contributed by atoms with Crippen LogP contribution in [0.5, 0.6) is 11.5 Å². The van der Waals surface area contributed by atoms with Gasteiger partial charge in [-0.25, -0.2) is 4.98 Å². The number of hydrogen-bond acceptors (Lipinski definition) is 6. The fourth-order valence-electron chi connectivity index (χ4n) is 2.15. The third-order valence-electron chi connectivity index (χ3n) is 3.26. The molecule has 0 atom stereocenters. The summed E-state index contributed by atoms with van der Waals surface area (Å²) < 4.78 is 10.4. The first kappa shape index (κ1) is 15.8. The lowest BCUT2D eigenvalue weighted by molar-refractivity contribution is -0.398. The number of aromatic nitrogens is 1. The molecule has 8 heteroatoms. The third-order valence-corrected chi connectivity index (χ3v) is 3.49. The summed E-state index contributed by atoms with van der Waals surface area (Å²) in [6.45, 7) is 0. The Morgan fingerprint density at radius 1 is 1.29 bits per heavy atom. The number of oxazole rings is 1. The molecule has 2 aromatic carbocycles. The zero-order valence-electron chi connectivity index (χ0n) is 12.4. The molecule has 0 bridgehead atoms. The predicted molar refractivity (Wildman–Crippen MR) is 87.0 cm³/mol. The smallest absolute Gasteiger partial charge is 0.266 e. The monoisotopic (exact) mass is 345 g/mol. The van der Waals surface area contributed by atoms with Gasteiger partial charge in [0.05, 0.1) is 12.0 Å². The molecule has 0 saturated carbocycles. The molecule has 3 rings (SSSR count). The number of methoxy groups -OCH3 is 1. The number of nitro groups is 1. The van der Waals surface area contributed by atoms with Gasteiger partial charge in [0.15, 0.2) is 5.58 Å². The molecular formula is C16H10ClN2O5-. The fourth-order valence-corrected chi connectivity index (χ4v) is 2.32. The van der Waals surface area contributed by atoms with Crippen molar-refractivity contribution in [2.24, 2.45) is 0 Å². The summed E-state index contributed by atoms with van der Waals surface area (Å²) in [7, 11) is 1.28. The summed E-state index contributed by atoms with van der Waals surface area (Å²) >= 11 is 5.89. The van der Waals surface area contributed by atoms with Crippen molar-refractivity contribution in [3.05, 3.63) is 56.9 Å². The van der Waals surface area contributed by atoms with E-state index in [0.717, 1.165) is 0 Å². The van der Waals surface area contributed by atoms with Crippen LogP contribution in [-0.4, -0.2) is 17.0 Å². The normalized spacial score (nSPS) is 11.2. The minimum Gasteiger partial charge on any atom is -0.865 e. The van der Waals surface area contributed by atoms with Crippen molar-refractivity contribution >= 4 is 40.5 Å². The van der Waals surface area contributed by atoms with Gasteiger partial charge in [-0.15, -0.1) is 0 Å². The van der Waals surface area contributed by atoms with Gasteiger partial charge in [-0.1, -0.05) is 11.6 Å². The van der Waals surface area contributed by atoms with Crippen molar-refractivity contribution < 1.29 is 19.2 Å². The Balaban J connectivity index is 1.98. The number of nitro benzene ring substituents is 1. The van der Waals surface area contributed by atoms with E-state index in [4.69, 9.17) is 20.8 Å². The molecule has 1 heterocycles. The van der Waals surface area contributed by atoms with Gasteiger partial charge in [0.2, 0.25) is 5.89 Å². The number of fused-ring (bicyclic) bond motifs is 1. The highest BCUT2D eigenvalue weighted by Crippen LogP contribution is 2.35. The number of hydrogen-bond donors (Lipinski definition) is 0. The number of ether oxygens (including phenoxy) is 1. The van der Waals surface area contributed by atoms with Crippen LogP contribution in [-0.2, 0) is 0 Å².